The summed E-state index contributed by atoms with van der Waals surface area (Å²) in [5.74, 6) is 0. The zero-order valence-electron chi connectivity index (χ0n) is 10.5. The molecule has 1 atom stereocenters. The second-order valence-corrected chi connectivity index (χ2v) is 6.64. The summed E-state index contributed by atoms with van der Waals surface area (Å²) in [7, 11) is 0. The van der Waals surface area contributed by atoms with E-state index in [0.29, 0.717) is 6.04 Å². The van der Waals surface area contributed by atoms with E-state index in [1.165, 1.54) is 10.4 Å². The van der Waals surface area contributed by atoms with Gasteiger partial charge in [0, 0.05) is 11.4 Å². The molecule has 3 rings (SSSR count). The van der Waals surface area contributed by atoms with Gasteiger partial charge in [-0.25, -0.2) is 4.98 Å². The Labute approximate surface area is 115 Å². The highest BCUT2D eigenvalue weighted by Gasteiger charge is 2.27. The minimum absolute atomic E-state index is 0.0927. The molecule has 3 heterocycles. The van der Waals surface area contributed by atoms with E-state index >= 15 is 0 Å². The van der Waals surface area contributed by atoms with Gasteiger partial charge in [-0.3, -0.25) is 0 Å². The van der Waals surface area contributed by atoms with Crippen LogP contribution in [-0.2, 0) is 13.0 Å². The van der Waals surface area contributed by atoms with Crippen molar-refractivity contribution in [2.24, 2.45) is 0 Å². The van der Waals surface area contributed by atoms with E-state index in [0.717, 1.165) is 28.7 Å². The Morgan fingerprint density at radius 1 is 1.56 bits per heavy atom. The topological polar surface area (TPSA) is 36.4 Å². The van der Waals surface area contributed by atoms with Crippen LogP contribution in [0, 0.1) is 6.92 Å². The molecule has 1 aliphatic heterocycles. The maximum Gasteiger partial charge on any atom is 0.186 e. The highest BCUT2D eigenvalue weighted by molar-refractivity contribution is 7.15. The molecule has 0 saturated carbocycles. The van der Waals surface area contributed by atoms with Crippen molar-refractivity contribution in [1.82, 2.24) is 4.98 Å². The minimum Gasteiger partial charge on any atom is -0.391 e. The van der Waals surface area contributed by atoms with E-state index in [-0.39, 0.29) is 6.61 Å². The number of nitrogens with zero attached hydrogens (tertiary/aromatic N) is 2. The van der Waals surface area contributed by atoms with Crippen molar-refractivity contribution in [3.63, 3.8) is 0 Å². The Bertz CT molecular complexity index is 561. The molecule has 3 nitrogen and oxygen atoms in total. The maximum absolute atomic E-state index is 9.27. The number of aliphatic hydroxyl groups excluding tert-OH is 1. The summed E-state index contributed by atoms with van der Waals surface area (Å²) in [6, 6.07) is 2.61. The predicted octanol–water partition coefficient (Wildman–Crippen LogP) is 3.13. The molecule has 0 bridgehead atoms. The van der Waals surface area contributed by atoms with Crippen LogP contribution in [-0.4, -0.2) is 16.6 Å². The average Bonchev–Trinajstić information content (AvgIpc) is 2.96. The fourth-order valence-corrected chi connectivity index (χ4v) is 4.44. The standard InChI is InChI=1S/C13H16N2OS2/c1-8-12(7-16)18-13(14-8)15-5-3-11-10(9(15)2)4-6-17-11/h4,6,9,16H,3,5,7H2,1-2H3. The molecule has 0 radical (unpaired) electrons. The third kappa shape index (κ3) is 1.86. The van der Waals surface area contributed by atoms with Gasteiger partial charge in [-0.05, 0) is 37.3 Å². The fraction of sp³-hybridized carbons (Fsp3) is 0.462. The van der Waals surface area contributed by atoms with Crippen LogP contribution >= 0.6 is 22.7 Å². The molecule has 0 spiro atoms. The molecule has 2 aromatic heterocycles. The zero-order chi connectivity index (χ0) is 12.7. The summed E-state index contributed by atoms with van der Waals surface area (Å²) < 4.78 is 0. The Morgan fingerprint density at radius 3 is 3.11 bits per heavy atom. The third-order valence-corrected chi connectivity index (χ3v) is 5.72. The van der Waals surface area contributed by atoms with Crippen LogP contribution in [0.5, 0.6) is 0 Å². The maximum atomic E-state index is 9.27. The largest absolute Gasteiger partial charge is 0.391 e. The van der Waals surface area contributed by atoms with E-state index in [1.54, 1.807) is 11.3 Å². The second kappa shape index (κ2) is 4.64. The van der Waals surface area contributed by atoms with Gasteiger partial charge < -0.3 is 10.0 Å². The van der Waals surface area contributed by atoms with Crippen molar-refractivity contribution >= 4 is 27.8 Å². The highest BCUT2D eigenvalue weighted by atomic mass is 32.1. The average molecular weight is 280 g/mol. The lowest BCUT2D eigenvalue weighted by atomic mass is 10.0. The zero-order valence-corrected chi connectivity index (χ0v) is 12.1. The molecule has 0 amide bonds. The van der Waals surface area contributed by atoms with E-state index < -0.39 is 0 Å². The van der Waals surface area contributed by atoms with Gasteiger partial charge in [0.25, 0.3) is 0 Å². The van der Waals surface area contributed by atoms with Crippen molar-refractivity contribution in [2.45, 2.75) is 32.9 Å². The summed E-state index contributed by atoms with van der Waals surface area (Å²) in [5, 5.41) is 12.5. The number of aryl methyl sites for hydroxylation is 1. The summed E-state index contributed by atoms with van der Waals surface area (Å²) in [4.78, 5) is 9.44. The van der Waals surface area contributed by atoms with Crippen LogP contribution in [0.3, 0.4) is 0 Å². The molecule has 0 aromatic carbocycles. The molecule has 5 heteroatoms. The molecule has 1 aliphatic rings. The van der Waals surface area contributed by atoms with Crippen molar-refractivity contribution in [1.29, 1.82) is 0 Å². The molecule has 0 saturated heterocycles. The molecular formula is C13H16N2OS2. The van der Waals surface area contributed by atoms with Gasteiger partial charge in [-0.2, -0.15) is 0 Å². The van der Waals surface area contributed by atoms with Crippen LogP contribution in [0.4, 0.5) is 5.13 Å². The summed E-state index contributed by atoms with van der Waals surface area (Å²) in [6.45, 7) is 5.32. The number of aliphatic hydroxyl groups is 1. The number of fused-ring (bicyclic) bond motifs is 1. The van der Waals surface area contributed by atoms with Gasteiger partial charge >= 0.3 is 0 Å². The number of thiophene rings is 1. The van der Waals surface area contributed by atoms with Gasteiger partial charge in [-0.15, -0.1) is 11.3 Å². The van der Waals surface area contributed by atoms with E-state index in [9.17, 15) is 5.11 Å². The normalized spacial score (nSPS) is 19.1. The first-order valence-corrected chi connectivity index (χ1v) is 7.80. The first-order chi connectivity index (χ1) is 8.70. The molecule has 0 fully saturated rings. The van der Waals surface area contributed by atoms with Gasteiger partial charge in [0.2, 0.25) is 0 Å². The van der Waals surface area contributed by atoms with E-state index in [1.807, 2.05) is 18.3 Å². The monoisotopic (exact) mass is 280 g/mol. The Morgan fingerprint density at radius 2 is 2.39 bits per heavy atom. The molecule has 0 aliphatic carbocycles. The lowest BCUT2D eigenvalue weighted by molar-refractivity contribution is 0.284. The van der Waals surface area contributed by atoms with Gasteiger partial charge in [0.05, 0.1) is 23.2 Å². The SMILES string of the molecule is Cc1nc(N2CCc3sccc3C2C)sc1CO. The fourth-order valence-electron chi connectivity index (χ4n) is 2.45. The Balaban J connectivity index is 1.94. The molecule has 1 N–H and O–H groups in total. The quantitative estimate of drug-likeness (QED) is 0.918. The number of anilines is 1. The number of aromatic nitrogens is 1. The second-order valence-electron chi connectivity index (χ2n) is 4.58. The molecular weight excluding hydrogens is 264 g/mol. The summed E-state index contributed by atoms with van der Waals surface area (Å²) >= 11 is 3.47. The van der Waals surface area contributed by atoms with Gasteiger partial charge in [-0.1, -0.05) is 11.3 Å². The molecule has 2 aromatic rings. The molecule has 18 heavy (non-hydrogen) atoms. The number of hydrogen-bond donors (Lipinski definition) is 1. The lowest BCUT2D eigenvalue weighted by Gasteiger charge is -2.33. The molecule has 1 unspecified atom stereocenters. The van der Waals surface area contributed by atoms with Crippen molar-refractivity contribution in [3.8, 4) is 0 Å². The van der Waals surface area contributed by atoms with Gasteiger partial charge in [0.15, 0.2) is 5.13 Å². The van der Waals surface area contributed by atoms with Crippen LogP contribution in [0.1, 0.15) is 34.0 Å². The summed E-state index contributed by atoms with van der Waals surface area (Å²) in [6.07, 6.45) is 1.10. The van der Waals surface area contributed by atoms with Crippen LogP contribution < -0.4 is 4.90 Å². The van der Waals surface area contributed by atoms with Crippen LogP contribution in [0.15, 0.2) is 11.4 Å². The van der Waals surface area contributed by atoms with Crippen molar-refractivity contribution in [3.05, 3.63) is 32.5 Å². The molecule has 96 valence electrons. The Kier molecular flexibility index (Phi) is 3.13. The predicted molar refractivity (Wildman–Crippen MR) is 76.6 cm³/mol. The smallest absolute Gasteiger partial charge is 0.186 e. The minimum atomic E-state index is 0.0927. The highest BCUT2D eigenvalue weighted by Crippen LogP contribution is 2.38. The Hall–Kier alpha value is -0.910. The van der Waals surface area contributed by atoms with E-state index in [4.69, 9.17) is 0 Å². The van der Waals surface area contributed by atoms with Gasteiger partial charge in [0.1, 0.15) is 0 Å². The van der Waals surface area contributed by atoms with Crippen molar-refractivity contribution < 1.29 is 5.11 Å². The lowest BCUT2D eigenvalue weighted by Crippen LogP contribution is -2.32. The first kappa shape index (κ1) is 12.1. The summed E-state index contributed by atoms with van der Waals surface area (Å²) in [5.41, 5.74) is 2.39. The van der Waals surface area contributed by atoms with Crippen LogP contribution in [0.25, 0.3) is 0 Å². The number of rotatable bonds is 2. The van der Waals surface area contributed by atoms with Crippen LogP contribution in [0.2, 0.25) is 0 Å². The third-order valence-electron chi connectivity index (χ3n) is 3.55. The first-order valence-electron chi connectivity index (χ1n) is 6.10. The van der Waals surface area contributed by atoms with E-state index in [2.05, 4.69) is 28.3 Å². The number of hydrogen-bond acceptors (Lipinski definition) is 5. The van der Waals surface area contributed by atoms with Crippen molar-refractivity contribution in [2.75, 3.05) is 11.4 Å². The number of thiazole rings is 1.